The molecule has 0 N–H and O–H groups in total. The van der Waals surface area contributed by atoms with Crippen molar-refractivity contribution < 1.29 is 4.74 Å². The molecule has 2 heteroatoms. The monoisotopic (exact) mass is 311 g/mol. The van der Waals surface area contributed by atoms with Crippen LogP contribution < -0.4 is 0 Å². The van der Waals surface area contributed by atoms with Gasteiger partial charge in [-0.3, -0.25) is 4.90 Å². The molecule has 0 spiro atoms. The van der Waals surface area contributed by atoms with E-state index in [0.717, 1.165) is 0 Å². The predicted molar refractivity (Wildman–Crippen MR) is 97.5 cm³/mol. The molecular weight excluding hydrogens is 282 g/mol. The fourth-order valence-corrected chi connectivity index (χ4v) is 3.48. The van der Waals surface area contributed by atoms with Crippen molar-refractivity contribution in [3.63, 3.8) is 0 Å². The summed E-state index contributed by atoms with van der Waals surface area (Å²) in [4.78, 5) is 2.54. The Morgan fingerprint density at radius 1 is 0.696 bits per heavy atom. The van der Waals surface area contributed by atoms with Crippen LogP contribution in [0.3, 0.4) is 0 Å². The molecule has 23 heavy (non-hydrogen) atoms. The van der Waals surface area contributed by atoms with Gasteiger partial charge in [0.15, 0.2) is 0 Å². The summed E-state index contributed by atoms with van der Waals surface area (Å²) >= 11 is 0. The average Bonchev–Trinajstić information content (AvgIpc) is 2.55. The van der Waals surface area contributed by atoms with Gasteiger partial charge in [0.25, 0.3) is 0 Å². The molecule has 0 fully saturated rings. The van der Waals surface area contributed by atoms with Gasteiger partial charge in [0.1, 0.15) is 6.10 Å². The zero-order valence-electron chi connectivity index (χ0n) is 14.9. The van der Waals surface area contributed by atoms with E-state index in [0.29, 0.717) is 12.1 Å². The smallest absolute Gasteiger partial charge is 0.102 e. The average molecular weight is 311 g/mol. The Balaban J connectivity index is 2.52. The number of hydrogen-bond donors (Lipinski definition) is 0. The lowest BCUT2D eigenvalue weighted by atomic mass is 9.92. The van der Waals surface area contributed by atoms with E-state index in [-0.39, 0.29) is 12.1 Å². The van der Waals surface area contributed by atoms with Crippen molar-refractivity contribution in [2.24, 2.45) is 0 Å². The van der Waals surface area contributed by atoms with Gasteiger partial charge >= 0.3 is 0 Å². The molecule has 2 atom stereocenters. The van der Waals surface area contributed by atoms with Crippen molar-refractivity contribution >= 4 is 0 Å². The van der Waals surface area contributed by atoms with Crippen LogP contribution in [0.5, 0.6) is 0 Å². The molecule has 2 rings (SSSR count). The van der Waals surface area contributed by atoms with E-state index in [1.54, 1.807) is 0 Å². The quantitative estimate of drug-likeness (QED) is 0.694. The van der Waals surface area contributed by atoms with Gasteiger partial charge < -0.3 is 4.74 Å². The number of benzene rings is 2. The molecule has 0 bridgehead atoms. The van der Waals surface area contributed by atoms with Crippen LogP contribution in [-0.4, -0.2) is 24.1 Å². The van der Waals surface area contributed by atoms with E-state index in [2.05, 4.69) is 93.3 Å². The largest absolute Gasteiger partial charge is 0.375 e. The van der Waals surface area contributed by atoms with Gasteiger partial charge in [0.2, 0.25) is 0 Å². The van der Waals surface area contributed by atoms with E-state index in [4.69, 9.17) is 4.74 Å². The lowest BCUT2D eigenvalue weighted by molar-refractivity contribution is -0.0164. The molecule has 0 aliphatic heterocycles. The minimum absolute atomic E-state index is 0.00315. The van der Waals surface area contributed by atoms with Gasteiger partial charge in [-0.15, -0.1) is 0 Å². The highest BCUT2D eigenvalue weighted by Crippen LogP contribution is 2.38. The molecule has 0 aliphatic rings. The van der Waals surface area contributed by atoms with Crippen LogP contribution in [0.1, 0.15) is 51.0 Å². The number of methoxy groups -OCH3 is 1. The highest BCUT2D eigenvalue weighted by atomic mass is 16.5. The van der Waals surface area contributed by atoms with Gasteiger partial charge in [0.05, 0.1) is 6.04 Å². The van der Waals surface area contributed by atoms with Crippen molar-refractivity contribution in [2.75, 3.05) is 7.11 Å². The number of hydrogen-bond acceptors (Lipinski definition) is 2. The summed E-state index contributed by atoms with van der Waals surface area (Å²) in [7, 11) is 1.81. The van der Waals surface area contributed by atoms with Crippen molar-refractivity contribution in [1.82, 2.24) is 4.90 Å². The molecule has 0 saturated heterocycles. The van der Waals surface area contributed by atoms with Crippen molar-refractivity contribution in [1.29, 1.82) is 0 Å². The second-order valence-corrected chi connectivity index (χ2v) is 6.56. The maximum atomic E-state index is 5.99. The van der Waals surface area contributed by atoms with Crippen LogP contribution in [0.25, 0.3) is 0 Å². The molecule has 2 aromatic rings. The Kier molecular flexibility index (Phi) is 6.37. The third kappa shape index (κ3) is 4.21. The Bertz CT molecular complexity index is 557. The molecule has 0 amide bonds. The minimum atomic E-state index is 0.00315. The first-order chi connectivity index (χ1) is 11.1. The first-order valence-corrected chi connectivity index (χ1v) is 8.46. The van der Waals surface area contributed by atoms with Crippen LogP contribution in [0.15, 0.2) is 60.7 Å². The summed E-state index contributed by atoms with van der Waals surface area (Å²) in [6, 6.07) is 22.3. The van der Waals surface area contributed by atoms with Gasteiger partial charge in [-0.05, 0) is 38.8 Å². The standard InChI is InChI=1S/C21H29NO/c1-16(2)22(17(3)4)20(18-12-8-6-9-13-18)21(23-5)19-14-10-7-11-15-19/h6-17,20-21H,1-5H3/t20-,21-/m1/s1. The lowest BCUT2D eigenvalue weighted by Crippen LogP contribution is -2.43. The fraction of sp³-hybridized carbons (Fsp3) is 0.429. The Morgan fingerprint density at radius 2 is 1.13 bits per heavy atom. The highest BCUT2D eigenvalue weighted by Gasteiger charge is 2.33. The third-order valence-electron chi connectivity index (χ3n) is 4.32. The topological polar surface area (TPSA) is 12.5 Å². The summed E-state index contributed by atoms with van der Waals surface area (Å²) < 4.78 is 5.99. The summed E-state index contributed by atoms with van der Waals surface area (Å²) in [5, 5.41) is 0. The minimum Gasteiger partial charge on any atom is -0.375 e. The lowest BCUT2D eigenvalue weighted by Gasteiger charge is -2.42. The van der Waals surface area contributed by atoms with E-state index in [1.165, 1.54) is 11.1 Å². The van der Waals surface area contributed by atoms with Gasteiger partial charge in [0, 0.05) is 19.2 Å². The second-order valence-electron chi connectivity index (χ2n) is 6.56. The maximum absolute atomic E-state index is 5.99. The van der Waals surface area contributed by atoms with Crippen LogP contribution in [0.4, 0.5) is 0 Å². The molecule has 2 nitrogen and oxygen atoms in total. The summed E-state index contributed by atoms with van der Waals surface area (Å²) in [5.41, 5.74) is 2.51. The number of ether oxygens (including phenoxy) is 1. The van der Waals surface area contributed by atoms with Crippen molar-refractivity contribution in [2.45, 2.75) is 51.9 Å². The van der Waals surface area contributed by atoms with E-state index < -0.39 is 0 Å². The SMILES string of the molecule is CO[C@H](c1ccccc1)[C@@H](c1ccccc1)N(C(C)C)C(C)C. The molecule has 0 saturated carbocycles. The molecule has 0 aromatic heterocycles. The first kappa shape index (κ1) is 17.7. The number of rotatable bonds is 7. The Morgan fingerprint density at radius 3 is 1.52 bits per heavy atom. The van der Waals surface area contributed by atoms with Crippen molar-refractivity contribution in [3.05, 3.63) is 71.8 Å². The molecule has 0 radical (unpaired) electrons. The Hall–Kier alpha value is -1.64. The Labute approximate surface area is 141 Å². The molecule has 0 unspecified atom stereocenters. The zero-order chi connectivity index (χ0) is 16.8. The molecular formula is C21H29NO. The normalized spacial score (nSPS) is 14.4. The van der Waals surface area contributed by atoms with Crippen LogP contribution in [0.2, 0.25) is 0 Å². The van der Waals surface area contributed by atoms with Crippen LogP contribution in [0, 0.1) is 0 Å². The number of nitrogens with zero attached hydrogens (tertiary/aromatic N) is 1. The zero-order valence-corrected chi connectivity index (χ0v) is 14.9. The summed E-state index contributed by atoms with van der Waals surface area (Å²) in [5.74, 6) is 0. The molecule has 2 aromatic carbocycles. The van der Waals surface area contributed by atoms with Gasteiger partial charge in [-0.2, -0.15) is 0 Å². The first-order valence-electron chi connectivity index (χ1n) is 8.46. The van der Waals surface area contributed by atoms with Crippen molar-refractivity contribution in [3.8, 4) is 0 Å². The summed E-state index contributed by atoms with van der Waals surface area (Å²) in [6.45, 7) is 9.03. The van der Waals surface area contributed by atoms with E-state index in [1.807, 2.05) is 7.11 Å². The molecule has 0 aliphatic carbocycles. The molecule has 124 valence electrons. The maximum Gasteiger partial charge on any atom is 0.102 e. The van der Waals surface area contributed by atoms with E-state index in [9.17, 15) is 0 Å². The van der Waals surface area contributed by atoms with Gasteiger partial charge in [-0.25, -0.2) is 0 Å². The van der Waals surface area contributed by atoms with Crippen LogP contribution in [-0.2, 0) is 4.74 Å². The predicted octanol–water partition coefficient (Wildman–Crippen LogP) is 5.23. The fourth-order valence-electron chi connectivity index (χ4n) is 3.48. The second kappa shape index (κ2) is 8.28. The van der Waals surface area contributed by atoms with Gasteiger partial charge in [-0.1, -0.05) is 60.7 Å². The molecule has 0 heterocycles. The summed E-state index contributed by atoms with van der Waals surface area (Å²) in [6.07, 6.45) is 0.00315. The van der Waals surface area contributed by atoms with Crippen LogP contribution >= 0.6 is 0 Å². The third-order valence-corrected chi connectivity index (χ3v) is 4.32. The highest BCUT2D eigenvalue weighted by molar-refractivity contribution is 5.27. The van der Waals surface area contributed by atoms with E-state index >= 15 is 0 Å².